The summed E-state index contributed by atoms with van der Waals surface area (Å²) in [5.41, 5.74) is -0.538. The Morgan fingerprint density at radius 3 is 2.50 bits per heavy atom. The minimum atomic E-state index is -0.538. The minimum absolute atomic E-state index is 0.0351. The number of ether oxygens (including phenoxy) is 1. The summed E-state index contributed by atoms with van der Waals surface area (Å²) in [5, 5.41) is 12.3. The number of carbonyl (C=O) groups is 2. The fraction of sp³-hybridized carbons (Fsp3) is 0.750. The van der Waals surface area contributed by atoms with E-state index in [1.165, 1.54) is 0 Å². The smallest absolute Gasteiger partial charge is 0.410 e. The Bertz CT molecular complexity index is 459. The van der Waals surface area contributed by atoms with Crippen LogP contribution in [-0.4, -0.2) is 53.3 Å². The number of hydrogen-bond donors (Lipinski definition) is 2. The van der Waals surface area contributed by atoms with Gasteiger partial charge in [0.1, 0.15) is 5.60 Å². The van der Waals surface area contributed by atoms with Crippen LogP contribution in [0.4, 0.5) is 4.79 Å². The molecule has 0 bridgehead atoms. The van der Waals surface area contributed by atoms with Crippen molar-refractivity contribution in [2.24, 2.45) is 5.92 Å². The predicted octanol–water partition coefficient (Wildman–Crippen LogP) is 1.13. The van der Waals surface area contributed by atoms with Crippen molar-refractivity contribution in [3.63, 3.8) is 0 Å². The topological polar surface area (TPSA) is 78.9 Å². The van der Waals surface area contributed by atoms with Gasteiger partial charge in [0.05, 0.1) is 0 Å². The molecule has 1 rings (SSSR count). The van der Waals surface area contributed by atoms with Gasteiger partial charge in [0.15, 0.2) is 0 Å². The van der Waals surface area contributed by atoms with E-state index < -0.39 is 5.60 Å². The maximum atomic E-state index is 12.1. The SMILES string of the molecule is CC#CC(=O)NC1CCN(C(=O)OC(C)(C)C)CCC1CO. The molecule has 2 amide bonds. The molecule has 2 unspecified atom stereocenters. The van der Waals surface area contributed by atoms with Crippen LogP contribution >= 0.6 is 0 Å². The van der Waals surface area contributed by atoms with Gasteiger partial charge in [-0.3, -0.25) is 4.79 Å². The number of hydrogen-bond acceptors (Lipinski definition) is 4. The zero-order chi connectivity index (χ0) is 16.8. The van der Waals surface area contributed by atoms with Gasteiger partial charge in [-0.25, -0.2) is 4.79 Å². The summed E-state index contributed by atoms with van der Waals surface area (Å²) in [4.78, 5) is 25.4. The number of aliphatic hydroxyl groups excluding tert-OH is 1. The second-order valence-corrected chi connectivity index (χ2v) is 6.44. The van der Waals surface area contributed by atoms with E-state index in [-0.39, 0.29) is 30.6 Å². The van der Waals surface area contributed by atoms with Crippen molar-refractivity contribution in [3.05, 3.63) is 0 Å². The first-order valence-corrected chi connectivity index (χ1v) is 7.59. The molecule has 0 aromatic rings. The average molecular weight is 310 g/mol. The molecule has 0 spiro atoms. The Balaban J connectivity index is 2.68. The molecule has 0 aromatic carbocycles. The molecule has 6 nitrogen and oxygen atoms in total. The molecule has 2 atom stereocenters. The van der Waals surface area contributed by atoms with Crippen molar-refractivity contribution in [1.29, 1.82) is 0 Å². The monoisotopic (exact) mass is 310 g/mol. The zero-order valence-corrected chi connectivity index (χ0v) is 13.8. The van der Waals surface area contributed by atoms with Gasteiger partial charge in [0.25, 0.3) is 5.91 Å². The molecule has 0 saturated carbocycles. The van der Waals surface area contributed by atoms with Crippen LogP contribution < -0.4 is 5.32 Å². The average Bonchev–Trinajstić information content (AvgIpc) is 2.59. The van der Waals surface area contributed by atoms with Gasteiger partial charge in [-0.1, -0.05) is 5.92 Å². The van der Waals surface area contributed by atoms with Crippen molar-refractivity contribution in [2.45, 2.75) is 52.2 Å². The normalized spacial score (nSPS) is 22.1. The zero-order valence-electron chi connectivity index (χ0n) is 13.8. The Morgan fingerprint density at radius 1 is 1.32 bits per heavy atom. The van der Waals surface area contributed by atoms with Gasteiger partial charge < -0.3 is 20.1 Å². The van der Waals surface area contributed by atoms with Gasteiger partial charge in [0.2, 0.25) is 0 Å². The van der Waals surface area contributed by atoms with Gasteiger partial charge in [-0.05, 0) is 46.5 Å². The molecule has 0 aromatic heterocycles. The Labute approximate surface area is 132 Å². The van der Waals surface area contributed by atoms with Crippen LogP contribution in [0, 0.1) is 17.8 Å². The first-order chi connectivity index (χ1) is 10.3. The highest BCUT2D eigenvalue weighted by Gasteiger charge is 2.30. The lowest BCUT2D eigenvalue weighted by Gasteiger charge is -2.26. The maximum absolute atomic E-state index is 12.1. The van der Waals surface area contributed by atoms with Crippen LogP contribution in [0.1, 0.15) is 40.5 Å². The first-order valence-electron chi connectivity index (χ1n) is 7.59. The second kappa shape index (κ2) is 8.04. The summed E-state index contributed by atoms with van der Waals surface area (Å²) < 4.78 is 5.37. The molecule has 1 aliphatic heterocycles. The van der Waals surface area contributed by atoms with Gasteiger partial charge in [-0.2, -0.15) is 0 Å². The van der Waals surface area contributed by atoms with E-state index >= 15 is 0 Å². The van der Waals surface area contributed by atoms with E-state index in [4.69, 9.17) is 4.74 Å². The van der Waals surface area contributed by atoms with Crippen molar-refractivity contribution < 1.29 is 19.4 Å². The maximum Gasteiger partial charge on any atom is 0.410 e. The van der Waals surface area contributed by atoms with Crippen LogP contribution in [0.15, 0.2) is 0 Å². The van der Waals surface area contributed by atoms with Crippen molar-refractivity contribution in [3.8, 4) is 11.8 Å². The van der Waals surface area contributed by atoms with Gasteiger partial charge in [0, 0.05) is 31.7 Å². The Hall–Kier alpha value is -1.74. The highest BCUT2D eigenvalue weighted by Crippen LogP contribution is 2.20. The van der Waals surface area contributed by atoms with E-state index in [2.05, 4.69) is 17.2 Å². The molecular formula is C16H26N2O4. The number of nitrogens with zero attached hydrogens (tertiary/aromatic N) is 1. The Kier molecular flexibility index (Phi) is 6.69. The van der Waals surface area contributed by atoms with Crippen molar-refractivity contribution in [1.82, 2.24) is 10.2 Å². The summed E-state index contributed by atoms with van der Waals surface area (Å²) in [7, 11) is 0. The largest absolute Gasteiger partial charge is 0.444 e. The van der Waals surface area contributed by atoms with Crippen molar-refractivity contribution >= 4 is 12.0 Å². The third-order valence-electron chi connectivity index (χ3n) is 3.49. The molecule has 0 radical (unpaired) electrons. The summed E-state index contributed by atoms with van der Waals surface area (Å²) >= 11 is 0. The molecule has 1 heterocycles. The first kappa shape index (κ1) is 18.3. The standard InChI is InChI=1S/C16H26N2O4/c1-5-6-14(20)17-13-8-10-18(9-7-12(13)11-19)15(21)22-16(2,3)4/h12-13,19H,7-11H2,1-4H3,(H,17,20). The molecule has 1 fully saturated rings. The van der Waals surface area contributed by atoms with Gasteiger partial charge in [-0.15, -0.1) is 0 Å². The summed E-state index contributed by atoms with van der Waals surface area (Å²) in [6.07, 6.45) is 0.825. The number of nitrogens with one attached hydrogen (secondary N) is 1. The van der Waals surface area contributed by atoms with Crippen LogP contribution in [0.5, 0.6) is 0 Å². The van der Waals surface area contributed by atoms with E-state index in [1.54, 1.807) is 11.8 Å². The van der Waals surface area contributed by atoms with Crippen LogP contribution in [-0.2, 0) is 9.53 Å². The molecule has 6 heteroatoms. The molecule has 0 aliphatic carbocycles. The van der Waals surface area contributed by atoms with Crippen LogP contribution in [0.2, 0.25) is 0 Å². The van der Waals surface area contributed by atoms with E-state index in [1.807, 2.05) is 20.8 Å². The van der Waals surface area contributed by atoms with E-state index in [9.17, 15) is 14.7 Å². The molecule has 2 N–H and O–H groups in total. The Morgan fingerprint density at radius 2 is 1.95 bits per heavy atom. The number of aliphatic hydroxyl groups is 1. The number of amides is 2. The van der Waals surface area contributed by atoms with Crippen LogP contribution in [0.25, 0.3) is 0 Å². The number of rotatable bonds is 2. The van der Waals surface area contributed by atoms with Crippen LogP contribution in [0.3, 0.4) is 0 Å². The fourth-order valence-electron chi connectivity index (χ4n) is 2.40. The molecule has 1 aliphatic rings. The third-order valence-corrected chi connectivity index (χ3v) is 3.49. The molecule has 1 saturated heterocycles. The highest BCUT2D eigenvalue weighted by atomic mass is 16.6. The van der Waals surface area contributed by atoms with Crippen molar-refractivity contribution in [2.75, 3.05) is 19.7 Å². The molecule has 22 heavy (non-hydrogen) atoms. The van der Waals surface area contributed by atoms with E-state index in [0.29, 0.717) is 25.9 Å². The van der Waals surface area contributed by atoms with E-state index in [0.717, 1.165) is 0 Å². The minimum Gasteiger partial charge on any atom is -0.444 e. The summed E-state index contributed by atoms with van der Waals surface area (Å²) in [6.45, 7) is 8.03. The summed E-state index contributed by atoms with van der Waals surface area (Å²) in [6, 6.07) is -0.189. The lowest BCUT2D eigenvalue weighted by atomic mass is 9.96. The quantitative estimate of drug-likeness (QED) is 0.750. The molecule has 124 valence electrons. The lowest BCUT2D eigenvalue weighted by Crippen LogP contribution is -2.41. The predicted molar refractivity (Wildman–Crippen MR) is 83.0 cm³/mol. The molecular weight excluding hydrogens is 284 g/mol. The second-order valence-electron chi connectivity index (χ2n) is 6.44. The number of carbonyl (C=O) groups excluding carboxylic acids is 2. The fourth-order valence-corrected chi connectivity index (χ4v) is 2.40. The third kappa shape index (κ3) is 5.94. The highest BCUT2D eigenvalue weighted by molar-refractivity contribution is 5.93. The lowest BCUT2D eigenvalue weighted by molar-refractivity contribution is -0.116. The summed E-state index contributed by atoms with van der Waals surface area (Å²) in [5.74, 6) is 4.55. The number of likely N-dealkylation sites (tertiary alicyclic amines) is 1. The van der Waals surface area contributed by atoms with Gasteiger partial charge >= 0.3 is 6.09 Å².